The molecule has 1 aliphatic rings. The Bertz CT molecular complexity index is 863. The second-order valence-electron chi connectivity index (χ2n) is 7.06. The van der Waals surface area contributed by atoms with Crippen molar-refractivity contribution in [1.82, 2.24) is 9.88 Å². The number of halogens is 3. The van der Waals surface area contributed by atoms with E-state index in [1.54, 1.807) is 6.20 Å². The molecule has 0 spiro atoms. The normalized spacial score (nSPS) is 13.7. The number of hydrogen-bond donors (Lipinski definition) is 2. The van der Waals surface area contributed by atoms with E-state index < -0.39 is 18.6 Å². The van der Waals surface area contributed by atoms with Gasteiger partial charge in [0.1, 0.15) is 18.1 Å². The molecule has 10 heteroatoms. The SMILES string of the molecule is O=C1CCc2ccc(OCCCNc3ccccn3)cc2CCN1CC(F)(F)F.O=CO. The van der Waals surface area contributed by atoms with Crippen LogP contribution in [-0.4, -0.2) is 59.8 Å². The van der Waals surface area contributed by atoms with Crippen molar-refractivity contribution < 1.29 is 32.6 Å². The van der Waals surface area contributed by atoms with Crippen molar-refractivity contribution in [2.75, 3.05) is 31.6 Å². The van der Waals surface area contributed by atoms with Crippen LogP contribution in [0.25, 0.3) is 0 Å². The summed E-state index contributed by atoms with van der Waals surface area (Å²) in [5, 5.41) is 10.1. The van der Waals surface area contributed by atoms with E-state index in [-0.39, 0.29) is 19.4 Å². The van der Waals surface area contributed by atoms with Gasteiger partial charge in [-0.25, -0.2) is 4.98 Å². The second kappa shape index (κ2) is 12.5. The molecule has 2 heterocycles. The van der Waals surface area contributed by atoms with Gasteiger partial charge in [-0.1, -0.05) is 12.1 Å². The first-order valence-corrected chi connectivity index (χ1v) is 10.1. The fourth-order valence-corrected chi connectivity index (χ4v) is 3.28. The zero-order valence-electron chi connectivity index (χ0n) is 17.5. The Labute approximate surface area is 184 Å². The molecule has 0 unspecified atom stereocenters. The van der Waals surface area contributed by atoms with Gasteiger partial charge in [0.2, 0.25) is 5.91 Å². The Morgan fingerprint density at radius 2 is 1.94 bits per heavy atom. The van der Waals surface area contributed by atoms with Crippen LogP contribution in [0.15, 0.2) is 42.6 Å². The van der Waals surface area contributed by atoms with E-state index in [2.05, 4.69) is 10.3 Å². The molecule has 0 atom stereocenters. The van der Waals surface area contributed by atoms with Crippen molar-refractivity contribution in [1.29, 1.82) is 0 Å². The molecule has 32 heavy (non-hydrogen) atoms. The number of rotatable bonds is 7. The molecule has 2 aromatic rings. The summed E-state index contributed by atoms with van der Waals surface area (Å²) in [6, 6.07) is 11.3. The molecule has 2 N–H and O–H groups in total. The van der Waals surface area contributed by atoms with Crippen molar-refractivity contribution >= 4 is 18.2 Å². The van der Waals surface area contributed by atoms with E-state index in [0.29, 0.717) is 25.2 Å². The number of nitrogens with zero attached hydrogens (tertiary/aromatic N) is 2. The predicted octanol–water partition coefficient (Wildman–Crippen LogP) is 3.54. The average molecular weight is 453 g/mol. The molecule has 0 radical (unpaired) electrons. The van der Waals surface area contributed by atoms with Crippen molar-refractivity contribution in [2.24, 2.45) is 0 Å². The highest BCUT2D eigenvalue weighted by Crippen LogP contribution is 2.24. The van der Waals surface area contributed by atoms with Crippen LogP contribution >= 0.6 is 0 Å². The quantitative estimate of drug-likeness (QED) is 0.492. The van der Waals surface area contributed by atoms with Crippen molar-refractivity contribution in [3.8, 4) is 5.75 Å². The van der Waals surface area contributed by atoms with Gasteiger partial charge in [0.25, 0.3) is 6.47 Å². The lowest BCUT2D eigenvalue weighted by Crippen LogP contribution is -2.41. The van der Waals surface area contributed by atoms with Crippen LogP contribution in [0.4, 0.5) is 19.0 Å². The maximum absolute atomic E-state index is 12.7. The molecule has 0 saturated heterocycles. The number of hydrogen-bond acceptors (Lipinski definition) is 5. The number of pyridine rings is 1. The predicted molar refractivity (Wildman–Crippen MR) is 113 cm³/mol. The van der Waals surface area contributed by atoms with E-state index in [1.807, 2.05) is 36.4 Å². The van der Waals surface area contributed by atoms with E-state index in [4.69, 9.17) is 14.6 Å². The van der Waals surface area contributed by atoms with Crippen LogP contribution in [0.3, 0.4) is 0 Å². The molecule has 1 amide bonds. The number of carbonyl (C=O) groups is 2. The van der Waals surface area contributed by atoms with Crippen molar-refractivity contribution in [3.05, 3.63) is 53.7 Å². The number of ether oxygens (including phenoxy) is 1. The van der Waals surface area contributed by atoms with Crippen molar-refractivity contribution in [3.63, 3.8) is 0 Å². The van der Waals surface area contributed by atoms with Gasteiger partial charge in [0, 0.05) is 25.7 Å². The molecule has 1 aromatic heterocycles. The van der Waals surface area contributed by atoms with Gasteiger partial charge in [0.05, 0.1) is 6.61 Å². The lowest BCUT2D eigenvalue weighted by molar-refractivity contribution is -0.161. The maximum Gasteiger partial charge on any atom is 0.406 e. The van der Waals surface area contributed by atoms with Crippen LogP contribution in [0.5, 0.6) is 5.75 Å². The third-order valence-electron chi connectivity index (χ3n) is 4.72. The van der Waals surface area contributed by atoms with E-state index in [1.165, 1.54) is 0 Å². The topological polar surface area (TPSA) is 91.8 Å². The lowest BCUT2D eigenvalue weighted by atomic mass is 9.97. The van der Waals surface area contributed by atoms with Crippen LogP contribution in [0, 0.1) is 0 Å². The monoisotopic (exact) mass is 453 g/mol. The van der Waals surface area contributed by atoms with Crippen LogP contribution in [-0.2, 0) is 22.4 Å². The third kappa shape index (κ3) is 8.83. The molecule has 1 aromatic carbocycles. The van der Waals surface area contributed by atoms with Gasteiger partial charge in [-0.2, -0.15) is 13.2 Å². The summed E-state index contributed by atoms with van der Waals surface area (Å²) in [5.74, 6) is 1.05. The number of aromatic nitrogens is 1. The molecule has 0 saturated carbocycles. The number of nitrogens with one attached hydrogen (secondary N) is 1. The Morgan fingerprint density at radius 3 is 2.62 bits per heavy atom. The highest BCUT2D eigenvalue weighted by molar-refractivity contribution is 5.77. The minimum Gasteiger partial charge on any atom is -0.494 e. The zero-order valence-corrected chi connectivity index (χ0v) is 17.5. The van der Waals surface area contributed by atoms with E-state index in [0.717, 1.165) is 34.8 Å². The standard InChI is InChI=1S/C21H24F3N3O2.CH2O2/c22-21(23,24)15-27-12-9-17-14-18(7-5-16(17)6-8-20(27)28)29-13-3-11-26-19-4-1-2-10-25-19;2-1-3/h1-2,4-5,7,10,14H,3,6,8-9,11-13,15H2,(H,25,26);1H,(H,2,3). The number of alkyl halides is 3. The van der Waals surface area contributed by atoms with E-state index >= 15 is 0 Å². The summed E-state index contributed by atoms with van der Waals surface area (Å²) < 4.78 is 43.9. The molecular formula is C22H26F3N3O4. The minimum absolute atomic E-state index is 0.0583. The van der Waals surface area contributed by atoms with Crippen LogP contribution in [0.1, 0.15) is 24.0 Å². The molecule has 0 aliphatic carbocycles. The largest absolute Gasteiger partial charge is 0.494 e. The Morgan fingerprint density at radius 1 is 1.16 bits per heavy atom. The van der Waals surface area contributed by atoms with Gasteiger partial charge in [-0.15, -0.1) is 0 Å². The molecule has 174 valence electrons. The smallest absolute Gasteiger partial charge is 0.406 e. The van der Waals surface area contributed by atoms with Gasteiger partial charge in [0.15, 0.2) is 0 Å². The first-order valence-electron chi connectivity index (χ1n) is 10.1. The Hall–Kier alpha value is -3.30. The fraction of sp³-hybridized carbons (Fsp3) is 0.409. The minimum atomic E-state index is -4.38. The number of benzene rings is 1. The summed E-state index contributed by atoms with van der Waals surface area (Å²) in [6.45, 7) is -0.156. The number of anilines is 1. The summed E-state index contributed by atoms with van der Waals surface area (Å²) in [4.78, 5) is 25.5. The van der Waals surface area contributed by atoms with Gasteiger partial charge < -0.3 is 20.1 Å². The summed E-state index contributed by atoms with van der Waals surface area (Å²) >= 11 is 0. The summed E-state index contributed by atoms with van der Waals surface area (Å²) in [6.07, 6.45) is -0.970. The van der Waals surface area contributed by atoms with Gasteiger partial charge >= 0.3 is 6.18 Å². The first kappa shape index (κ1) is 25.0. The Balaban J connectivity index is 0.00000114. The van der Waals surface area contributed by atoms with Crippen LogP contribution in [0.2, 0.25) is 0 Å². The number of fused-ring (bicyclic) bond motifs is 1. The highest BCUT2D eigenvalue weighted by atomic mass is 19.4. The summed E-state index contributed by atoms with van der Waals surface area (Å²) in [5.41, 5.74) is 1.93. The lowest BCUT2D eigenvalue weighted by Gasteiger charge is -2.27. The summed E-state index contributed by atoms with van der Waals surface area (Å²) in [7, 11) is 0. The third-order valence-corrected chi connectivity index (χ3v) is 4.72. The zero-order chi connectivity index (χ0) is 23.4. The number of carbonyl (C=O) groups excluding carboxylic acids is 1. The number of amides is 1. The molecule has 0 bridgehead atoms. The van der Waals surface area contributed by atoms with Gasteiger partial charge in [-0.05, 0) is 54.7 Å². The first-order chi connectivity index (χ1) is 15.3. The van der Waals surface area contributed by atoms with Gasteiger partial charge in [-0.3, -0.25) is 9.59 Å². The maximum atomic E-state index is 12.7. The molecule has 1 aliphatic heterocycles. The fourth-order valence-electron chi connectivity index (χ4n) is 3.28. The second-order valence-corrected chi connectivity index (χ2v) is 7.06. The Kier molecular flexibility index (Phi) is 9.77. The van der Waals surface area contributed by atoms with E-state index in [9.17, 15) is 18.0 Å². The van der Waals surface area contributed by atoms with Crippen LogP contribution < -0.4 is 10.1 Å². The van der Waals surface area contributed by atoms with Crippen molar-refractivity contribution in [2.45, 2.75) is 31.9 Å². The molecular weight excluding hydrogens is 427 g/mol. The number of carboxylic acid groups (broad SMARTS) is 1. The molecule has 7 nitrogen and oxygen atoms in total. The number of aryl methyl sites for hydroxylation is 1. The molecule has 3 rings (SSSR count). The highest BCUT2D eigenvalue weighted by Gasteiger charge is 2.33. The molecule has 0 fully saturated rings. The average Bonchev–Trinajstić information content (AvgIpc) is 2.75.